The van der Waals surface area contributed by atoms with Crippen LogP contribution in [0.25, 0.3) is 11.0 Å². The third-order valence-corrected chi connectivity index (χ3v) is 3.70. The fourth-order valence-electron chi connectivity index (χ4n) is 2.55. The standard InChI is InChI=1S/C15H18N4O/c20-15(16-9-8-11-4-2-1-3-5-11)12-6-7-13-14(10-12)18-19-17-13/h4,6-7,10H,1-3,5,8-9H2,(H,16,20)(H,17,18,19). The maximum absolute atomic E-state index is 12.1. The molecule has 1 amide bonds. The summed E-state index contributed by atoms with van der Waals surface area (Å²) in [6.45, 7) is 0.696. The summed E-state index contributed by atoms with van der Waals surface area (Å²) in [6.07, 6.45) is 8.22. The van der Waals surface area contributed by atoms with Gasteiger partial charge in [0.1, 0.15) is 11.0 Å². The Morgan fingerprint density at radius 3 is 3.00 bits per heavy atom. The summed E-state index contributed by atoms with van der Waals surface area (Å²) in [5.41, 5.74) is 3.59. The number of aromatic nitrogens is 3. The van der Waals surface area contributed by atoms with Crippen LogP contribution >= 0.6 is 0 Å². The van der Waals surface area contributed by atoms with E-state index in [9.17, 15) is 4.79 Å². The van der Waals surface area contributed by atoms with Gasteiger partial charge < -0.3 is 5.32 Å². The molecule has 0 radical (unpaired) electrons. The molecule has 0 aliphatic heterocycles. The summed E-state index contributed by atoms with van der Waals surface area (Å²) in [7, 11) is 0. The molecular weight excluding hydrogens is 252 g/mol. The van der Waals surface area contributed by atoms with Gasteiger partial charge in [-0.05, 0) is 50.3 Å². The number of hydrogen-bond acceptors (Lipinski definition) is 3. The molecule has 0 spiro atoms. The van der Waals surface area contributed by atoms with E-state index in [0.29, 0.717) is 17.6 Å². The van der Waals surface area contributed by atoms with Gasteiger partial charge in [-0.25, -0.2) is 0 Å². The van der Waals surface area contributed by atoms with Crippen molar-refractivity contribution in [3.63, 3.8) is 0 Å². The van der Waals surface area contributed by atoms with Crippen LogP contribution in [0.1, 0.15) is 42.5 Å². The maximum Gasteiger partial charge on any atom is 0.251 e. The van der Waals surface area contributed by atoms with Crippen molar-refractivity contribution in [3.8, 4) is 0 Å². The Balaban J connectivity index is 1.57. The zero-order chi connectivity index (χ0) is 13.8. The van der Waals surface area contributed by atoms with E-state index >= 15 is 0 Å². The minimum absolute atomic E-state index is 0.0497. The summed E-state index contributed by atoms with van der Waals surface area (Å²) in [5.74, 6) is -0.0497. The molecule has 2 N–H and O–H groups in total. The van der Waals surface area contributed by atoms with Crippen molar-refractivity contribution in [1.29, 1.82) is 0 Å². The number of fused-ring (bicyclic) bond motifs is 1. The van der Waals surface area contributed by atoms with E-state index in [1.54, 1.807) is 18.2 Å². The van der Waals surface area contributed by atoms with Gasteiger partial charge >= 0.3 is 0 Å². The number of H-pyrrole nitrogens is 1. The highest BCUT2D eigenvalue weighted by molar-refractivity contribution is 5.97. The van der Waals surface area contributed by atoms with Gasteiger partial charge in [-0.15, -0.1) is 0 Å². The van der Waals surface area contributed by atoms with Crippen molar-refractivity contribution in [1.82, 2.24) is 20.7 Å². The molecule has 1 aliphatic rings. The molecule has 104 valence electrons. The van der Waals surface area contributed by atoms with Crippen LogP contribution in [0.4, 0.5) is 0 Å². The van der Waals surface area contributed by atoms with Crippen molar-refractivity contribution in [2.24, 2.45) is 0 Å². The SMILES string of the molecule is O=C(NCCC1=CCCCC1)c1ccc2n[nH]nc2c1. The maximum atomic E-state index is 12.1. The Labute approximate surface area is 117 Å². The van der Waals surface area contributed by atoms with Crippen molar-refractivity contribution >= 4 is 16.9 Å². The van der Waals surface area contributed by atoms with Crippen LogP contribution in [0.15, 0.2) is 29.8 Å². The monoisotopic (exact) mass is 270 g/mol. The lowest BCUT2D eigenvalue weighted by Crippen LogP contribution is -2.24. The predicted octanol–water partition coefficient (Wildman–Crippen LogP) is 2.58. The fourth-order valence-corrected chi connectivity index (χ4v) is 2.55. The van der Waals surface area contributed by atoms with E-state index < -0.39 is 0 Å². The Morgan fingerprint density at radius 2 is 2.15 bits per heavy atom. The Hall–Kier alpha value is -2.17. The summed E-state index contributed by atoms with van der Waals surface area (Å²) in [6, 6.07) is 5.34. The van der Waals surface area contributed by atoms with Crippen molar-refractivity contribution in [2.45, 2.75) is 32.1 Å². The molecule has 0 unspecified atom stereocenters. The summed E-state index contributed by atoms with van der Waals surface area (Å²) in [5, 5.41) is 13.5. The van der Waals surface area contributed by atoms with E-state index in [1.807, 2.05) is 0 Å². The van der Waals surface area contributed by atoms with Crippen LogP contribution in [-0.4, -0.2) is 27.9 Å². The Morgan fingerprint density at radius 1 is 1.25 bits per heavy atom. The number of benzene rings is 1. The number of allylic oxidation sites excluding steroid dienone is 1. The second-order valence-corrected chi connectivity index (χ2v) is 5.14. The minimum Gasteiger partial charge on any atom is -0.352 e. The highest BCUT2D eigenvalue weighted by atomic mass is 16.1. The normalized spacial score (nSPS) is 15.1. The topological polar surface area (TPSA) is 70.7 Å². The van der Waals surface area contributed by atoms with Gasteiger partial charge in [0, 0.05) is 12.1 Å². The average Bonchev–Trinajstić information content (AvgIpc) is 2.95. The zero-order valence-electron chi connectivity index (χ0n) is 11.4. The first-order chi connectivity index (χ1) is 9.83. The second-order valence-electron chi connectivity index (χ2n) is 5.14. The van der Waals surface area contributed by atoms with E-state index in [0.717, 1.165) is 11.9 Å². The molecule has 0 saturated heterocycles. The van der Waals surface area contributed by atoms with Gasteiger partial charge in [0.15, 0.2) is 0 Å². The molecule has 5 heteroatoms. The smallest absolute Gasteiger partial charge is 0.251 e. The minimum atomic E-state index is -0.0497. The lowest BCUT2D eigenvalue weighted by atomic mass is 9.97. The van der Waals surface area contributed by atoms with Gasteiger partial charge in [0.25, 0.3) is 5.91 Å². The van der Waals surface area contributed by atoms with Crippen molar-refractivity contribution in [3.05, 3.63) is 35.4 Å². The summed E-state index contributed by atoms with van der Waals surface area (Å²) < 4.78 is 0. The van der Waals surface area contributed by atoms with Crippen LogP contribution in [0.2, 0.25) is 0 Å². The molecule has 0 fully saturated rings. The molecule has 0 saturated carbocycles. The Bertz CT molecular complexity index is 644. The Kier molecular flexibility index (Phi) is 3.76. The number of nitrogens with zero attached hydrogens (tertiary/aromatic N) is 2. The third-order valence-electron chi connectivity index (χ3n) is 3.70. The van der Waals surface area contributed by atoms with Crippen molar-refractivity contribution < 1.29 is 4.79 Å². The van der Waals surface area contributed by atoms with Gasteiger partial charge in [0.2, 0.25) is 0 Å². The molecule has 0 atom stereocenters. The number of nitrogens with one attached hydrogen (secondary N) is 2. The predicted molar refractivity (Wildman–Crippen MR) is 77.4 cm³/mol. The zero-order valence-corrected chi connectivity index (χ0v) is 11.4. The molecule has 1 aliphatic carbocycles. The van der Waals surface area contributed by atoms with Crippen LogP contribution in [0.5, 0.6) is 0 Å². The first-order valence-electron chi connectivity index (χ1n) is 7.09. The number of carbonyl (C=O) groups excluding carboxylic acids is 1. The summed E-state index contributed by atoms with van der Waals surface area (Å²) in [4.78, 5) is 12.1. The van der Waals surface area contributed by atoms with Crippen LogP contribution in [0, 0.1) is 0 Å². The first kappa shape index (κ1) is 12.8. The molecule has 20 heavy (non-hydrogen) atoms. The van der Waals surface area contributed by atoms with Crippen LogP contribution in [-0.2, 0) is 0 Å². The molecule has 2 aromatic rings. The van der Waals surface area contributed by atoms with E-state index in [-0.39, 0.29) is 5.91 Å². The van der Waals surface area contributed by atoms with E-state index in [4.69, 9.17) is 0 Å². The number of amides is 1. The average molecular weight is 270 g/mol. The fraction of sp³-hybridized carbons (Fsp3) is 0.400. The quantitative estimate of drug-likeness (QED) is 0.839. The highest BCUT2D eigenvalue weighted by Gasteiger charge is 2.08. The molecule has 3 rings (SSSR count). The van der Waals surface area contributed by atoms with Crippen molar-refractivity contribution in [2.75, 3.05) is 6.54 Å². The molecular formula is C15H18N4O. The molecule has 0 bridgehead atoms. The van der Waals surface area contributed by atoms with E-state index in [1.165, 1.54) is 31.3 Å². The van der Waals surface area contributed by atoms with Gasteiger partial charge in [-0.2, -0.15) is 15.4 Å². The second kappa shape index (κ2) is 5.86. The largest absolute Gasteiger partial charge is 0.352 e. The van der Waals surface area contributed by atoms with Gasteiger partial charge in [-0.3, -0.25) is 4.79 Å². The number of aromatic amines is 1. The third kappa shape index (κ3) is 2.87. The number of hydrogen-bond donors (Lipinski definition) is 2. The van der Waals surface area contributed by atoms with E-state index in [2.05, 4.69) is 26.8 Å². The molecule has 1 heterocycles. The number of rotatable bonds is 4. The first-order valence-corrected chi connectivity index (χ1v) is 7.09. The highest BCUT2D eigenvalue weighted by Crippen LogP contribution is 2.19. The van der Waals surface area contributed by atoms with Crippen LogP contribution < -0.4 is 5.32 Å². The molecule has 1 aromatic carbocycles. The number of carbonyl (C=O) groups is 1. The summed E-state index contributed by atoms with van der Waals surface area (Å²) >= 11 is 0. The molecule has 1 aromatic heterocycles. The van der Waals surface area contributed by atoms with Crippen LogP contribution in [0.3, 0.4) is 0 Å². The van der Waals surface area contributed by atoms with Gasteiger partial charge in [0.05, 0.1) is 0 Å². The van der Waals surface area contributed by atoms with Gasteiger partial charge in [-0.1, -0.05) is 11.6 Å². The lowest BCUT2D eigenvalue weighted by Gasteiger charge is -2.12. The molecule has 5 nitrogen and oxygen atoms in total. The lowest BCUT2D eigenvalue weighted by molar-refractivity contribution is 0.0954.